The fourth-order valence-electron chi connectivity index (χ4n) is 2.75. The lowest BCUT2D eigenvalue weighted by Gasteiger charge is -2.21. The summed E-state index contributed by atoms with van der Waals surface area (Å²) in [5.74, 6) is 0.569. The molecule has 6 nitrogen and oxygen atoms in total. The number of fused-ring (bicyclic) bond motifs is 1. The van der Waals surface area contributed by atoms with E-state index in [1.807, 2.05) is 18.2 Å². The molecule has 0 fully saturated rings. The minimum absolute atomic E-state index is 0.0461. The molecule has 0 radical (unpaired) electrons. The molecule has 7 heteroatoms. The van der Waals surface area contributed by atoms with Crippen LogP contribution in [0.25, 0.3) is 11.0 Å². The summed E-state index contributed by atoms with van der Waals surface area (Å²) in [7, 11) is -3.88. The molecule has 0 amide bonds. The van der Waals surface area contributed by atoms with Crippen LogP contribution in [-0.4, -0.2) is 26.7 Å². The molecule has 0 unspecified atom stereocenters. The van der Waals surface area contributed by atoms with Crippen LogP contribution in [0.2, 0.25) is 0 Å². The van der Waals surface area contributed by atoms with Gasteiger partial charge in [-0.15, -0.1) is 0 Å². The van der Waals surface area contributed by atoms with Crippen LogP contribution in [0.1, 0.15) is 25.2 Å². The molecule has 0 saturated carbocycles. The highest BCUT2D eigenvalue weighted by Gasteiger charge is 2.31. The highest BCUT2D eigenvalue weighted by atomic mass is 32.2. The number of sulfonamides is 1. The van der Waals surface area contributed by atoms with Crippen LogP contribution < -0.4 is 9.46 Å². The predicted molar refractivity (Wildman–Crippen MR) is 103 cm³/mol. The summed E-state index contributed by atoms with van der Waals surface area (Å²) in [6, 6.07) is 14.0. The van der Waals surface area contributed by atoms with E-state index in [0.29, 0.717) is 18.0 Å². The first-order valence-corrected chi connectivity index (χ1v) is 10.2. The Hall–Kier alpha value is -2.35. The maximum absolute atomic E-state index is 12.8. The first kappa shape index (κ1) is 19.4. The van der Waals surface area contributed by atoms with Crippen molar-refractivity contribution in [2.24, 2.45) is 0 Å². The monoisotopic (exact) mass is 389 g/mol. The molecular weight excluding hydrogens is 366 g/mol. The number of para-hydroxylation sites is 1. The highest BCUT2D eigenvalue weighted by Crippen LogP contribution is 2.29. The van der Waals surface area contributed by atoms with Crippen LogP contribution in [0.15, 0.2) is 57.8 Å². The minimum atomic E-state index is -3.88. The first-order valence-electron chi connectivity index (χ1n) is 8.67. The van der Waals surface area contributed by atoms with E-state index in [1.54, 1.807) is 44.2 Å². The number of aryl methyl sites for hydroxylation is 1. The van der Waals surface area contributed by atoms with Crippen molar-refractivity contribution in [3.05, 3.63) is 59.9 Å². The van der Waals surface area contributed by atoms with Crippen molar-refractivity contribution in [1.29, 1.82) is 0 Å². The van der Waals surface area contributed by atoms with E-state index in [9.17, 15) is 13.5 Å². The van der Waals surface area contributed by atoms with Gasteiger partial charge in [-0.2, -0.15) is 0 Å². The summed E-state index contributed by atoms with van der Waals surface area (Å²) in [5.41, 5.74) is -0.0855. The Morgan fingerprint density at radius 3 is 2.63 bits per heavy atom. The summed E-state index contributed by atoms with van der Waals surface area (Å²) >= 11 is 0. The molecule has 0 aliphatic carbocycles. The van der Waals surface area contributed by atoms with Crippen LogP contribution in [-0.2, 0) is 15.6 Å². The number of nitrogens with one attached hydrogen (secondary N) is 1. The molecule has 1 aromatic heterocycles. The molecule has 1 heterocycles. The number of furan rings is 1. The fraction of sp³-hybridized carbons (Fsp3) is 0.300. The van der Waals surface area contributed by atoms with Gasteiger partial charge in [0.25, 0.3) is 0 Å². The maximum Gasteiger partial charge on any atom is 0.244 e. The Bertz CT molecular complexity index is 1020. The second-order valence-electron chi connectivity index (χ2n) is 6.63. The van der Waals surface area contributed by atoms with Gasteiger partial charge in [0.1, 0.15) is 27.6 Å². The largest absolute Gasteiger partial charge is 0.492 e. The highest BCUT2D eigenvalue weighted by molar-refractivity contribution is 7.89. The van der Waals surface area contributed by atoms with Crippen molar-refractivity contribution in [3.8, 4) is 5.75 Å². The van der Waals surface area contributed by atoms with Crippen LogP contribution in [0.4, 0.5) is 0 Å². The summed E-state index contributed by atoms with van der Waals surface area (Å²) in [6.45, 7) is 5.21. The molecular formula is C20H23NO5S. The zero-order valence-corrected chi connectivity index (χ0v) is 16.3. The van der Waals surface area contributed by atoms with E-state index in [-0.39, 0.29) is 17.2 Å². The van der Waals surface area contributed by atoms with Crippen LogP contribution in [0.3, 0.4) is 0 Å². The second kappa shape index (κ2) is 7.34. The molecule has 144 valence electrons. The zero-order chi connectivity index (χ0) is 19.7. The Morgan fingerprint density at radius 1 is 1.19 bits per heavy atom. The smallest absolute Gasteiger partial charge is 0.244 e. The Kier molecular flexibility index (Phi) is 5.28. The second-order valence-corrected chi connectivity index (χ2v) is 8.37. The van der Waals surface area contributed by atoms with Gasteiger partial charge in [-0.25, -0.2) is 13.1 Å². The molecule has 1 atom stereocenters. The number of hydrogen-bond acceptors (Lipinski definition) is 5. The van der Waals surface area contributed by atoms with E-state index in [2.05, 4.69) is 4.72 Å². The first-order chi connectivity index (χ1) is 12.7. The van der Waals surface area contributed by atoms with Gasteiger partial charge in [0.15, 0.2) is 0 Å². The molecule has 0 bridgehead atoms. The van der Waals surface area contributed by atoms with Crippen molar-refractivity contribution in [1.82, 2.24) is 4.72 Å². The quantitative estimate of drug-likeness (QED) is 0.647. The van der Waals surface area contributed by atoms with Crippen molar-refractivity contribution >= 4 is 21.0 Å². The lowest BCUT2D eigenvalue weighted by atomic mass is 10.0. The molecule has 2 N–H and O–H groups in total. The van der Waals surface area contributed by atoms with Crippen LogP contribution in [0.5, 0.6) is 5.75 Å². The molecule has 3 aromatic rings. The third-order valence-corrected chi connectivity index (χ3v) is 5.67. The molecule has 2 aromatic carbocycles. The third-order valence-electron chi connectivity index (χ3n) is 4.25. The van der Waals surface area contributed by atoms with E-state index < -0.39 is 15.6 Å². The van der Waals surface area contributed by atoms with Gasteiger partial charge in [-0.05, 0) is 50.6 Å². The van der Waals surface area contributed by atoms with Gasteiger partial charge in [0, 0.05) is 11.9 Å². The van der Waals surface area contributed by atoms with Crippen molar-refractivity contribution in [2.45, 2.75) is 31.3 Å². The number of benzene rings is 2. The van der Waals surface area contributed by atoms with E-state index in [0.717, 1.165) is 10.9 Å². The Balaban J connectivity index is 1.85. The van der Waals surface area contributed by atoms with Crippen LogP contribution >= 0.6 is 0 Å². The lowest BCUT2D eigenvalue weighted by Crippen LogP contribution is -2.38. The molecule has 0 aliphatic rings. The molecule has 3 rings (SSSR count). The molecule has 0 aliphatic heterocycles. The predicted octanol–water partition coefficient (Wildman–Crippen LogP) is 3.33. The summed E-state index contributed by atoms with van der Waals surface area (Å²) in [4.78, 5) is 0.0461. The number of ether oxygens (including phenoxy) is 1. The number of aliphatic hydroxyl groups is 1. The van der Waals surface area contributed by atoms with Crippen molar-refractivity contribution < 1.29 is 22.7 Å². The summed E-state index contributed by atoms with van der Waals surface area (Å²) in [5, 5.41) is 11.6. The normalized spacial score (nSPS) is 14.2. The van der Waals surface area contributed by atoms with E-state index in [1.165, 1.54) is 6.92 Å². The minimum Gasteiger partial charge on any atom is -0.492 e. The van der Waals surface area contributed by atoms with E-state index in [4.69, 9.17) is 9.15 Å². The van der Waals surface area contributed by atoms with Gasteiger partial charge >= 0.3 is 0 Å². The fourth-order valence-corrected chi connectivity index (χ4v) is 4.11. The average molecular weight is 389 g/mol. The molecule has 0 saturated heterocycles. The standard InChI is InChI=1S/C20H23NO5S/c1-4-25-17-10-9-14(2)11-18(17)27(23,24)21-13-20(3,22)19-12-15-7-5-6-8-16(15)26-19/h5-12,21-22H,4,13H2,1-3H3/t20-/m0/s1. The van der Waals surface area contributed by atoms with Gasteiger partial charge < -0.3 is 14.3 Å². The SMILES string of the molecule is CCOc1ccc(C)cc1S(=O)(=O)NC[C@](C)(O)c1cc2ccccc2o1. The van der Waals surface area contributed by atoms with Gasteiger partial charge in [-0.1, -0.05) is 24.3 Å². The van der Waals surface area contributed by atoms with Gasteiger partial charge in [0.2, 0.25) is 10.0 Å². The van der Waals surface area contributed by atoms with Crippen LogP contribution in [0, 0.1) is 6.92 Å². The number of hydrogen-bond donors (Lipinski definition) is 2. The van der Waals surface area contributed by atoms with Gasteiger partial charge in [-0.3, -0.25) is 0 Å². The third kappa shape index (κ3) is 4.16. The summed E-state index contributed by atoms with van der Waals surface area (Å²) < 4.78 is 39.2. The summed E-state index contributed by atoms with van der Waals surface area (Å²) in [6.07, 6.45) is 0. The maximum atomic E-state index is 12.8. The topological polar surface area (TPSA) is 88.8 Å². The Labute approximate surface area is 158 Å². The van der Waals surface area contributed by atoms with E-state index >= 15 is 0 Å². The average Bonchev–Trinajstić information content (AvgIpc) is 3.07. The lowest BCUT2D eigenvalue weighted by molar-refractivity contribution is 0.0411. The molecule has 27 heavy (non-hydrogen) atoms. The van der Waals surface area contributed by atoms with Gasteiger partial charge in [0.05, 0.1) is 6.61 Å². The molecule has 0 spiro atoms. The Morgan fingerprint density at radius 2 is 1.93 bits per heavy atom. The number of rotatable bonds is 7. The van der Waals surface area contributed by atoms with Crippen molar-refractivity contribution in [2.75, 3.05) is 13.2 Å². The zero-order valence-electron chi connectivity index (χ0n) is 15.5. The van der Waals surface area contributed by atoms with Crippen molar-refractivity contribution in [3.63, 3.8) is 0 Å².